The van der Waals surface area contributed by atoms with Crippen molar-refractivity contribution in [1.29, 1.82) is 0 Å². The second-order valence-electron chi connectivity index (χ2n) is 7.70. The second-order valence-corrected chi connectivity index (χ2v) is 7.70. The van der Waals surface area contributed by atoms with Gasteiger partial charge in [-0.3, -0.25) is 14.2 Å². The molecule has 8 heteroatoms. The molecule has 0 radical (unpaired) electrons. The van der Waals surface area contributed by atoms with Crippen molar-refractivity contribution in [1.82, 2.24) is 19.4 Å². The number of rotatable bonds is 4. The highest BCUT2D eigenvalue weighted by Crippen LogP contribution is 2.23. The van der Waals surface area contributed by atoms with Crippen molar-refractivity contribution >= 4 is 33.4 Å². The van der Waals surface area contributed by atoms with Crippen LogP contribution < -0.4 is 10.5 Å². The highest BCUT2D eigenvalue weighted by molar-refractivity contribution is 6.06. The smallest absolute Gasteiger partial charge is 0.261 e. The molecule has 1 aliphatic heterocycles. The molecule has 2 N–H and O–H groups in total. The van der Waals surface area contributed by atoms with E-state index in [1.165, 1.54) is 10.9 Å². The van der Waals surface area contributed by atoms with Crippen LogP contribution >= 0.6 is 0 Å². The number of fused-ring (bicyclic) bond motifs is 2. The Kier molecular flexibility index (Phi) is 4.91. The minimum absolute atomic E-state index is 0.0433. The van der Waals surface area contributed by atoms with Gasteiger partial charge in [0.15, 0.2) is 0 Å². The van der Waals surface area contributed by atoms with Gasteiger partial charge >= 0.3 is 0 Å². The van der Waals surface area contributed by atoms with Gasteiger partial charge < -0.3 is 19.9 Å². The van der Waals surface area contributed by atoms with E-state index in [0.29, 0.717) is 42.6 Å². The van der Waals surface area contributed by atoms with Gasteiger partial charge in [-0.15, -0.1) is 0 Å². The van der Waals surface area contributed by atoms with Gasteiger partial charge in [-0.05, 0) is 24.3 Å². The van der Waals surface area contributed by atoms with Crippen LogP contribution in [0.25, 0.3) is 21.8 Å². The molecule has 4 aromatic rings. The fraction of sp³-hybridized carbons (Fsp3) is 0.261. The Morgan fingerprint density at radius 2 is 1.87 bits per heavy atom. The Hall–Kier alpha value is -3.65. The molecule has 8 nitrogen and oxygen atoms in total. The fourth-order valence-electron chi connectivity index (χ4n) is 4.20. The fourth-order valence-corrected chi connectivity index (χ4v) is 4.20. The number of aromatic nitrogens is 3. The molecule has 1 fully saturated rings. The molecule has 3 heterocycles. The molecule has 31 heavy (non-hydrogen) atoms. The highest BCUT2D eigenvalue weighted by Gasteiger charge is 2.24. The van der Waals surface area contributed by atoms with Crippen molar-refractivity contribution < 1.29 is 9.90 Å². The zero-order valence-corrected chi connectivity index (χ0v) is 17.0. The lowest BCUT2D eigenvalue weighted by atomic mass is 10.1. The summed E-state index contributed by atoms with van der Waals surface area (Å²) in [6, 6.07) is 13.5. The molecule has 1 saturated heterocycles. The first-order chi connectivity index (χ1) is 15.2. The number of aromatic amines is 1. The van der Waals surface area contributed by atoms with Gasteiger partial charge in [0.25, 0.3) is 11.5 Å². The Bertz CT molecular complexity index is 1320. The Morgan fingerprint density at radius 3 is 2.68 bits per heavy atom. The van der Waals surface area contributed by atoms with Crippen molar-refractivity contribution in [3.05, 3.63) is 70.9 Å². The summed E-state index contributed by atoms with van der Waals surface area (Å²) in [6.07, 6.45) is 3.26. The van der Waals surface area contributed by atoms with Gasteiger partial charge in [0.05, 0.1) is 35.9 Å². The number of hydrogen-bond acceptors (Lipinski definition) is 5. The average Bonchev–Trinajstić information content (AvgIpc) is 3.25. The van der Waals surface area contributed by atoms with Crippen molar-refractivity contribution in [3.8, 4) is 0 Å². The Balaban J connectivity index is 1.32. The molecule has 0 atom stereocenters. The summed E-state index contributed by atoms with van der Waals surface area (Å²) in [6.45, 7) is 2.80. The molecule has 1 amide bonds. The number of aliphatic hydroxyl groups is 1. The maximum atomic E-state index is 13.0. The summed E-state index contributed by atoms with van der Waals surface area (Å²) in [5.74, 6) is 0.0433. The number of nitrogens with one attached hydrogen (secondary N) is 1. The van der Waals surface area contributed by atoms with Crippen LogP contribution in [0.4, 0.5) is 5.69 Å². The van der Waals surface area contributed by atoms with Crippen molar-refractivity contribution in [3.63, 3.8) is 0 Å². The lowest BCUT2D eigenvalue weighted by Crippen LogP contribution is -2.48. The largest absolute Gasteiger partial charge is 0.395 e. The van der Waals surface area contributed by atoms with E-state index in [1.54, 1.807) is 12.3 Å². The van der Waals surface area contributed by atoms with Crippen molar-refractivity contribution in [2.45, 2.75) is 6.54 Å². The normalized spacial score (nSPS) is 14.5. The summed E-state index contributed by atoms with van der Waals surface area (Å²) in [7, 11) is 0. The second kappa shape index (κ2) is 7.88. The summed E-state index contributed by atoms with van der Waals surface area (Å²) < 4.78 is 1.41. The molecule has 0 spiro atoms. The van der Waals surface area contributed by atoms with Crippen LogP contribution in [0.1, 0.15) is 10.4 Å². The van der Waals surface area contributed by atoms with E-state index in [9.17, 15) is 9.59 Å². The van der Waals surface area contributed by atoms with E-state index in [4.69, 9.17) is 5.11 Å². The third kappa shape index (κ3) is 3.44. The lowest BCUT2D eigenvalue weighted by Gasteiger charge is -2.36. The number of anilines is 1. The maximum absolute atomic E-state index is 13.0. The molecule has 0 unspecified atom stereocenters. The minimum Gasteiger partial charge on any atom is -0.395 e. The van der Waals surface area contributed by atoms with Crippen LogP contribution in [-0.4, -0.2) is 63.2 Å². The van der Waals surface area contributed by atoms with Crippen molar-refractivity contribution in [2.24, 2.45) is 0 Å². The molecule has 2 aromatic heterocycles. The number of carbonyl (C=O) groups excluding carboxylic acids is 1. The van der Waals surface area contributed by atoms with Gasteiger partial charge in [-0.25, -0.2) is 4.98 Å². The first kappa shape index (κ1) is 19.3. The van der Waals surface area contributed by atoms with Crippen LogP contribution in [0.15, 0.2) is 59.8 Å². The SMILES string of the molecule is O=C(c1c[nH]c2ccccc12)N1CCN(c2ccc3c(=O)n(CCO)cnc3c2)CC1. The predicted octanol–water partition coefficient (Wildman–Crippen LogP) is 1.83. The third-order valence-electron chi connectivity index (χ3n) is 5.90. The number of nitrogens with zero attached hydrogens (tertiary/aromatic N) is 4. The van der Waals surface area contributed by atoms with Gasteiger partial charge in [0.1, 0.15) is 0 Å². The number of benzene rings is 2. The number of aliphatic hydroxyl groups excluding tert-OH is 1. The lowest BCUT2D eigenvalue weighted by molar-refractivity contribution is 0.0749. The number of carbonyl (C=O) groups is 1. The topological polar surface area (TPSA) is 94.5 Å². The van der Waals surface area contributed by atoms with Gasteiger partial charge in [-0.2, -0.15) is 0 Å². The van der Waals surface area contributed by atoms with Crippen LogP contribution in [0.5, 0.6) is 0 Å². The summed E-state index contributed by atoms with van der Waals surface area (Å²) in [5.41, 5.74) is 3.14. The quantitative estimate of drug-likeness (QED) is 0.528. The number of amides is 1. The standard InChI is InChI=1S/C23H23N5O3/c29-12-11-28-15-25-21-13-16(5-6-18(21)22(28)30)26-7-9-27(10-8-26)23(31)19-14-24-20-4-2-1-3-17(19)20/h1-6,13-15,24,29H,7-12H2. The van der Waals surface area contributed by atoms with Crippen molar-refractivity contribution in [2.75, 3.05) is 37.7 Å². The van der Waals surface area contributed by atoms with Crippen LogP contribution in [0.2, 0.25) is 0 Å². The number of para-hydroxylation sites is 1. The van der Waals surface area contributed by atoms with Crippen LogP contribution in [0, 0.1) is 0 Å². The zero-order valence-electron chi connectivity index (χ0n) is 17.0. The van der Waals surface area contributed by atoms with E-state index in [-0.39, 0.29) is 24.6 Å². The first-order valence-corrected chi connectivity index (χ1v) is 10.4. The van der Waals surface area contributed by atoms with Gasteiger partial charge in [0.2, 0.25) is 0 Å². The van der Waals surface area contributed by atoms with E-state index >= 15 is 0 Å². The molecule has 5 rings (SSSR count). The summed E-state index contributed by atoms with van der Waals surface area (Å²) in [4.78, 5) is 37.2. The molecule has 0 bridgehead atoms. The third-order valence-corrected chi connectivity index (χ3v) is 5.90. The molecule has 158 valence electrons. The molecule has 0 saturated carbocycles. The number of piperazine rings is 1. The Morgan fingerprint density at radius 1 is 1.06 bits per heavy atom. The summed E-state index contributed by atoms with van der Waals surface area (Å²) in [5, 5.41) is 10.6. The molecule has 2 aromatic carbocycles. The molecule has 1 aliphatic rings. The van der Waals surface area contributed by atoms with Gasteiger partial charge in [0, 0.05) is 49.0 Å². The van der Waals surface area contributed by atoms with Crippen LogP contribution in [0.3, 0.4) is 0 Å². The number of hydrogen-bond donors (Lipinski definition) is 2. The van der Waals surface area contributed by atoms with Crippen LogP contribution in [-0.2, 0) is 6.54 Å². The van der Waals surface area contributed by atoms with E-state index in [0.717, 1.165) is 16.6 Å². The monoisotopic (exact) mass is 417 g/mol. The average molecular weight is 417 g/mol. The first-order valence-electron chi connectivity index (χ1n) is 10.4. The minimum atomic E-state index is -0.153. The van der Waals surface area contributed by atoms with E-state index in [2.05, 4.69) is 14.9 Å². The number of H-pyrrole nitrogens is 1. The zero-order chi connectivity index (χ0) is 21.4. The highest BCUT2D eigenvalue weighted by atomic mass is 16.3. The predicted molar refractivity (Wildman–Crippen MR) is 120 cm³/mol. The molecular formula is C23H23N5O3. The Labute approximate surface area is 178 Å². The van der Waals surface area contributed by atoms with E-state index in [1.807, 2.05) is 41.3 Å². The summed E-state index contributed by atoms with van der Waals surface area (Å²) >= 11 is 0. The molecule has 0 aliphatic carbocycles. The maximum Gasteiger partial charge on any atom is 0.261 e. The van der Waals surface area contributed by atoms with E-state index < -0.39 is 0 Å². The van der Waals surface area contributed by atoms with Gasteiger partial charge in [-0.1, -0.05) is 18.2 Å². The molecular weight excluding hydrogens is 394 g/mol.